The molecule has 200 valence electrons. The normalized spacial score (nSPS) is 21.1. The number of carbonyl (C=O) groups excluding carboxylic acids is 2. The average Bonchev–Trinajstić information content (AvgIpc) is 3.29. The summed E-state index contributed by atoms with van der Waals surface area (Å²) in [5.74, 6) is 0.532. The molecule has 3 aliphatic heterocycles. The molecule has 3 heterocycles. The maximum Gasteiger partial charge on any atom is 0.257 e. The van der Waals surface area contributed by atoms with E-state index in [4.69, 9.17) is 27.9 Å². The zero-order valence-electron chi connectivity index (χ0n) is 21.5. The highest BCUT2D eigenvalue weighted by Crippen LogP contribution is 2.40. The van der Waals surface area contributed by atoms with Gasteiger partial charge in [-0.25, -0.2) is 10.4 Å². The minimum absolute atomic E-state index is 0.0599. The summed E-state index contributed by atoms with van der Waals surface area (Å²) in [7, 11) is 1.63. The van der Waals surface area contributed by atoms with Crippen LogP contribution in [0.25, 0.3) is 6.08 Å². The summed E-state index contributed by atoms with van der Waals surface area (Å²) in [5, 5.41) is 4.81. The predicted octanol–water partition coefficient (Wildman–Crippen LogP) is 4.41. The second-order valence-electron chi connectivity index (χ2n) is 9.71. The van der Waals surface area contributed by atoms with Crippen molar-refractivity contribution in [3.8, 4) is 5.75 Å². The van der Waals surface area contributed by atoms with Crippen molar-refractivity contribution in [3.05, 3.63) is 74.9 Å². The number of hydrazine groups is 2. The summed E-state index contributed by atoms with van der Waals surface area (Å²) in [6, 6.07) is 12.3. The monoisotopic (exact) mass is 555 g/mol. The van der Waals surface area contributed by atoms with Gasteiger partial charge in [-0.05, 0) is 60.4 Å². The fourth-order valence-electron chi connectivity index (χ4n) is 5.14. The van der Waals surface area contributed by atoms with Gasteiger partial charge in [0.05, 0.1) is 23.5 Å². The van der Waals surface area contributed by atoms with E-state index in [0.29, 0.717) is 28.8 Å². The van der Waals surface area contributed by atoms with Crippen molar-refractivity contribution in [2.75, 3.05) is 38.3 Å². The number of nitrogens with zero attached hydrogens (tertiary/aromatic N) is 3. The fourth-order valence-corrected chi connectivity index (χ4v) is 5.64. The largest absolute Gasteiger partial charge is 0.497 e. The highest BCUT2D eigenvalue weighted by atomic mass is 35.5. The lowest BCUT2D eigenvalue weighted by atomic mass is 9.95. The van der Waals surface area contributed by atoms with Gasteiger partial charge >= 0.3 is 0 Å². The number of ether oxygens (including phenoxy) is 1. The number of nitrogens with one attached hydrogen (secondary N) is 2. The number of benzene rings is 2. The van der Waals surface area contributed by atoms with E-state index >= 15 is 0 Å². The second-order valence-corrected chi connectivity index (χ2v) is 10.6. The molecule has 1 unspecified atom stereocenters. The van der Waals surface area contributed by atoms with E-state index in [-0.39, 0.29) is 11.8 Å². The number of piperidine rings is 1. The van der Waals surface area contributed by atoms with Gasteiger partial charge in [-0.3, -0.25) is 20.0 Å². The predicted molar refractivity (Wildman–Crippen MR) is 150 cm³/mol. The van der Waals surface area contributed by atoms with Crippen molar-refractivity contribution in [1.29, 1.82) is 0 Å². The Bertz CT molecular complexity index is 1290. The zero-order chi connectivity index (χ0) is 26.8. The summed E-state index contributed by atoms with van der Waals surface area (Å²) < 4.78 is 5.30. The first-order valence-electron chi connectivity index (χ1n) is 12.7. The second kappa shape index (κ2) is 11.4. The van der Waals surface area contributed by atoms with Crippen LogP contribution in [0.3, 0.4) is 0 Å². The van der Waals surface area contributed by atoms with Crippen molar-refractivity contribution in [3.63, 3.8) is 0 Å². The molecule has 0 aromatic heterocycles. The highest BCUT2D eigenvalue weighted by molar-refractivity contribution is 6.36. The van der Waals surface area contributed by atoms with Crippen molar-refractivity contribution in [2.45, 2.75) is 32.2 Å². The van der Waals surface area contributed by atoms with Crippen LogP contribution >= 0.6 is 23.2 Å². The van der Waals surface area contributed by atoms with Crippen LogP contribution in [0.15, 0.2) is 59.3 Å². The molecule has 0 radical (unpaired) electrons. The SMILES string of the molecule is COc1ccc(/C=C2\CN(C(C)=O)CC3=C2N(c2ccc(Cl)cc2Cl)NC3C(=O)NN2CCCCC2)cc1. The number of halogens is 2. The standard InChI is InChI=1S/C28H31Cl2N5O3/c1-18(36)33-16-20(14-19-6-9-22(38-2)10-7-19)27-23(17-33)26(28(37)32-34-12-4-3-5-13-34)31-35(27)25-11-8-21(29)15-24(25)30/h6-11,14-15,26,31H,3-5,12-13,16-17H2,1-2H3,(H,32,37)/b20-14+. The average molecular weight is 556 g/mol. The van der Waals surface area contributed by atoms with E-state index in [1.165, 1.54) is 6.42 Å². The van der Waals surface area contributed by atoms with Crippen LogP contribution in [0.2, 0.25) is 10.0 Å². The number of hydrogen-bond acceptors (Lipinski definition) is 6. The number of rotatable bonds is 5. The smallest absolute Gasteiger partial charge is 0.257 e. The molecule has 3 aliphatic rings. The Kier molecular flexibility index (Phi) is 7.95. The van der Waals surface area contributed by atoms with Gasteiger partial charge in [-0.1, -0.05) is 41.8 Å². The molecule has 0 bridgehead atoms. The fraction of sp³-hybridized carbons (Fsp3) is 0.357. The molecule has 2 aromatic rings. The van der Waals surface area contributed by atoms with Crippen molar-refractivity contribution < 1.29 is 14.3 Å². The van der Waals surface area contributed by atoms with Gasteiger partial charge in [0.2, 0.25) is 5.91 Å². The van der Waals surface area contributed by atoms with Crippen LogP contribution in [-0.2, 0) is 9.59 Å². The molecule has 5 rings (SSSR count). The van der Waals surface area contributed by atoms with E-state index in [1.54, 1.807) is 31.1 Å². The third-order valence-corrected chi connectivity index (χ3v) is 7.64. The van der Waals surface area contributed by atoms with Crippen LogP contribution in [0.1, 0.15) is 31.7 Å². The quantitative estimate of drug-likeness (QED) is 0.569. The van der Waals surface area contributed by atoms with Crippen molar-refractivity contribution >= 4 is 46.8 Å². The van der Waals surface area contributed by atoms with Crippen molar-refractivity contribution in [2.24, 2.45) is 0 Å². The molecule has 2 aromatic carbocycles. The van der Waals surface area contributed by atoms with Crippen LogP contribution in [-0.4, -0.2) is 61.1 Å². The topological polar surface area (TPSA) is 77.1 Å². The lowest BCUT2D eigenvalue weighted by Crippen LogP contribution is -2.54. The number of amides is 2. The molecule has 0 spiro atoms. The summed E-state index contributed by atoms with van der Waals surface area (Å²) in [6.45, 7) is 3.91. The molecular weight excluding hydrogens is 525 g/mol. The Balaban J connectivity index is 1.59. The van der Waals surface area contributed by atoms with Crippen LogP contribution in [0.4, 0.5) is 5.69 Å². The first-order chi connectivity index (χ1) is 18.3. The van der Waals surface area contributed by atoms with Gasteiger partial charge in [0.25, 0.3) is 5.91 Å². The molecule has 38 heavy (non-hydrogen) atoms. The lowest BCUT2D eigenvalue weighted by molar-refractivity contribution is -0.130. The summed E-state index contributed by atoms with van der Waals surface area (Å²) in [4.78, 5) is 28.0. The van der Waals surface area contributed by atoms with Gasteiger partial charge in [0.15, 0.2) is 0 Å². The lowest BCUT2D eigenvalue weighted by Gasteiger charge is -2.32. The van der Waals surface area contributed by atoms with Gasteiger partial charge in [-0.15, -0.1) is 0 Å². The van der Waals surface area contributed by atoms with E-state index in [2.05, 4.69) is 10.9 Å². The molecule has 2 amide bonds. The molecule has 8 nitrogen and oxygen atoms in total. The van der Waals surface area contributed by atoms with Crippen LogP contribution < -0.4 is 20.6 Å². The Morgan fingerprint density at radius 1 is 1.05 bits per heavy atom. The van der Waals surface area contributed by atoms with Crippen molar-refractivity contribution in [1.82, 2.24) is 20.8 Å². The van der Waals surface area contributed by atoms with E-state index in [1.807, 2.05) is 46.4 Å². The Hall–Kier alpha value is -3.04. The third-order valence-electron chi connectivity index (χ3n) is 7.10. The summed E-state index contributed by atoms with van der Waals surface area (Å²) in [6.07, 6.45) is 5.30. The Morgan fingerprint density at radius 2 is 1.79 bits per heavy atom. The Labute approximate surface area is 232 Å². The maximum absolute atomic E-state index is 13.6. The molecular formula is C28H31Cl2N5O3. The molecule has 1 atom stereocenters. The third kappa shape index (κ3) is 5.54. The Morgan fingerprint density at radius 3 is 2.45 bits per heavy atom. The molecule has 0 aliphatic carbocycles. The highest BCUT2D eigenvalue weighted by Gasteiger charge is 2.42. The van der Waals surface area contributed by atoms with Gasteiger partial charge in [-0.2, -0.15) is 0 Å². The van der Waals surface area contributed by atoms with Gasteiger partial charge < -0.3 is 9.64 Å². The first-order valence-corrected chi connectivity index (χ1v) is 13.5. The molecule has 2 N–H and O–H groups in total. The summed E-state index contributed by atoms with van der Waals surface area (Å²) in [5.41, 5.74) is 10.6. The minimum atomic E-state index is -0.680. The van der Waals surface area contributed by atoms with Gasteiger partial charge in [0.1, 0.15) is 11.8 Å². The van der Waals surface area contributed by atoms with E-state index in [0.717, 1.165) is 54.1 Å². The number of anilines is 1. The minimum Gasteiger partial charge on any atom is -0.497 e. The van der Waals surface area contributed by atoms with Gasteiger partial charge in [0, 0.05) is 43.7 Å². The first kappa shape index (κ1) is 26.6. The van der Waals surface area contributed by atoms with Crippen LogP contribution in [0, 0.1) is 0 Å². The summed E-state index contributed by atoms with van der Waals surface area (Å²) >= 11 is 12.8. The number of carbonyl (C=O) groups is 2. The number of methoxy groups -OCH3 is 1. The number of hydrogen-bond donors (Lipinski definition) is 2. The van der Waals surface area contributed by atoms with Crippen LogP contribution in [0.5, 0.6) is 5.75 Å². The zero-order valence-corrected chi connectivity index (χ0v) is 23.0. The molecule has 1 saturated heterocycles. The van der Waals surface area contributed by atoms with E-state index in [9.17, 15) is 9.59 Å². The molecule has 10 heteroatoms. The van der Waals surface area contributed by atoms with E-state index < -0.39 is 6.04 Å². The maximum atomic E-state index is 13.6. The molecule has 0 saturated carbocycles. The molecule has 1 fully saturated rings.